The first kappa shape index (κ1) is 29.6. The van der Waals surface area contributed by atoms with Crippen LogP contribution in [0.2, 0.25) is 0 Å². The van der Waals surface area contributed by atoms with Gasteiger partial charge in [-0.15, -0.1) is 10.2 Å². The number of alkyl halides is 3. The van der Waals surface area contributed by atoms with Crippen LogP contribution >= 0.6 is 0 Å². The van der Waals surface area contributed by atoms with Crippen molar-refractivity contribution in [2.75, 3.05) is 13.7 Å². The number of benzene rings is 1. The molecule has 0 aliphatic heterocycles. The first-order chi connectivity index (χ1) is 21.1. The normalized spacial score (nSPS) is 14.2. The highest BCUT2D eigenvalue weighted by atomic mass is 19.4. The van der Waals surface area contributed by atoms with E-state index in [4.69, 9.17) is 9.72 Å². The van der Waals surface area contributed by atoms with Crippen molar-refractivity contribution in [3.63, 3.8) is 0 Å². The first-order valence-corrected chi connectivity index (χ1v) is 14.1. The largest absolute Gasteiger partial charge is 0.418 e. The Balaban J connectivity index is 1.41. The molecule has 0 saturated heterocycles. The fourth-order valence-corrected chi connectivity index (χ4v) is 5.08. The van der Waals surface area contributed by atoms with Crippen LogP contribution < -0.4 is 5.32 Å². The second-order valence-electron chi connectivity index (χ2n) is 11.0. The number of hydrogen-bond donors (Lipinski definition) is 1. The predicted octanol–water partition coefficient (Wildman–Crippen LogP) is 5.95. The van der Waals surface area contributed by atoms with Crippen LogP contribution in [0.4, 0.5) is 17.6 Å². The molecule has 1 aromatic carbocycles. The van der Waals surface area contributed by atoms with Crippen molar-refractivity contribution in [2.45, 2.75) is 44.4 Å². The first-order valence-electron chi connectivity index (χ1n) is 14.1. The maximum Gasteiger partial charge on any atom is 0.418 e. The summed E-state index contributed by atoms with van der Waals surface area (Å²) in [6.45, 7) is 2.63. The van der Waals surface area contributed by atoms with Gasteiger partial charge in [-0.2, -0.15) is 18.3 Å². The van der Waals surface area contributed by atoms with E-state index in [0.717, 1.165) is 30.2 Å². The smallest absolute Gasteiger partial charge is 0.383 e. The van der Waals surface area contributed by atoms with Crippen molar-refractivity contribution < 1.29 is 22.3 Å². The highest BCUT2D eigenvalue weighted by Crippen LogP contribution is 2.42. The SMILES string of the molecule is COC[C@H](C)NCc1ccc(C(F)(F)F)c(-c2cnn(-c3cc(-c4ccc(F)cc4-c4nncn4C)cc(C4CC4)n3)c2)n1. The third-order valence-corrected chi connectivity index (χ3v) is 7.47. The van der Waals surface area contributed by atoms with E-state index in [1.54, 1.807) is 30.9 Å². The zero-order chi connectivity index (χ0) is 31.0. The maximum atomic E-state index is 14.4. The van der Waals surface area contributed by atoms with Crippen molar-refractivity contribution in [2.24, 2.45) is 7.05 Å². The Hall–Kier alpha value is -4.49. The van der Waals surface area contributed by atoms with Gasteiger partial charge in [0.05, 0.1) is 29.8 Å². The Morgan fingerprint density at radius 3 is 2.57 bits per heavy atom. The Kier molecular flexibility index (Phi) is 7.99. The van der Waals surface area contributed by atoms with Gasteiger partial charge in [0.15, 0.2) is 11.6 Å². The number of aryl methyl sites for hydroxylation is 1. The standard InChI is InChI=1S/C31H30F4N8O/c1-18(16-44-3)36-14-23-7-9-26(31(33,34)35)29(39-23)21-13-38-43(15-21)28-11-20(10-27(40-28)19-4-5-19)24-8-6-22(32)12-25(24)30-41-37-17-42(30)2/h6-13,15,17-19,36H,4-5,14,16H2,1-3H3/t18-/m0/s1. The van der Waals surface area contributed by atoms with E-state index in [1.165, 1.54) is 41.6 Å². The number of rotatable bonds is 10. The van der Waals surface area contributed by atoms with Crippen molar-refractivity contribution in [1.82, 2.24) is 39.8 Å². The lowest BCUT2D eigenvalue weighted by molar-refractivity contribution is -0.137. The number of pyridine rings is 2. The minimum Gasteiger partial charge on any atom is -0.383 e. The van der Waals surface area contributed by atoms with Crippen LogP contribution in [0.3, 0.4) is 0 Å². The molecular weight excluding hydrogens is 576 g/mol. The molecule has 1 saturated carbocycles. The lowest BCUT2D eigenvalue weighted by Crippen LogP contribution is -2.30. The van der Waals surface area contributed by atoms with Crippen LogP contribution in [0, 0.1) is 5.82 Å². The fraction of sp³-hybridized carbons (Fsp3) is 0.323. The van der Waals surface area contributed by atoms with Crippen LogP contribution in [0.25, 0.3) is 39.6 Å². The second-order valence-corrected chi connectivity index (χ2v) is 11.0. The molecule has 13 heteroatoms. The molecule has 228 valence electrons. The number of aromatic nitrogens is 7. The predicted molar refractivity (Wildman–Crippen MR) is 155 cm³/mol. The van der Waals surface area contributed by atoms with E-state index in [9.17, 15) is 17.6 Å². The van der Waals surface area contributed by atoms with E-state index in [0.29, 0.717) is 35.1 Å². The summed E-state index contributed by atoms with van der Waals surface area (Å²) in [6.07, 6.45) is 1.73. The summed E-state index contributed by atoms with van der Waals surface area (Å²) >= 11 is 0. The minimum atomic E-state index is -4.62. The molecule has 1 N–H and O–H groups in total. The molecular formula is C31H30F4N8O. The molecule has 6 rings (SSSR count). The summed E-state index contributed by atoms with van der Waals surface area (Å²) < 4.78 is 64.9. The summed E-state index contributed by atoms with van der Waals surface area (Å²) in [4.78, 5) is 9.19. The molecule has 1 aliphatic rings. The molecule has 1 atom stereocenters. The average molecular weight is 607 g/mol. The topological polar surface area (TPSA) is 95.6 Å². The van der Waals surface area contributed by atoms with Crippen LogP contribution in [0.1, 0.15) is 42.6 Å². The van der Waals surface area contributed by atoms with E-state index in [-0.39, 0.29) is 29.8 Å². The number of ether oxygens (including phenoxy) is 1. The lowest BCUT2D eigenvalue weighted by Gasteiger charge is -2.15. The molecule has 0 bridgehead atoms. The molecule has 44 heavy (non-hydrogen) atoms. The van der Waals surface area contributed by atoms with Crippen molar-refractivity contribution in [1.29, 1.82) is 0 Å². The van der Waals surface area contributed by atoms with Crippen LogP contribution in [0.15, 0.2) is 61.2 Å². The molecule has 9 nitrogen and oxygen atoms in total. The summed E-state index contributed by atoms with van der Waals surface area (Å²) in [5.41, 5.74) is 2.42. The minimum absolute atomic E-state index is 0.00963. The van der Waals surface area contributed by atoms with E-state index >= 15 is 0 Å². The summed E-state index contributed by atoms with van der Waals surface area (Å²) in [7, 11) is 3.36. The van der Waals surface area contributed by atoms with Crippen LogP contribution in [-0.2, 0) is 24.5 Å². The van der Waals surface area contributed by atoms with Crippen molar-refractivity contribution in [3.8, 4) is 39.6 Å². The number of hydrogen-bond acceptors (Lipinski definition) is 7. The van der Waals surface area contributed by atoms with Gasteiger partial charge in [-0.25, -0.2) is 14.1 Å². The maximum absolute atomic E-state index is 14.4. The quantitative estimate of drug-likeness (QED) is 0.196. The van der Waals surface area contributed by atoms with Gasteiger partial charge >= 0.3 is 6.18 Å². The number of methoxy groups -OCH3 is 1. The van der Waals surface area contributed by atoms with Gasteiger partial charge in [0, 0.05) is 55.7 Å². The molecule has 1 aliphatic carbocycles. The van der Waals surface area contributed by atoms with Crippen LogP contribution in [0.5, 0.6) is 0 Å². The summed E-state index contributed by atoms with van der Waals surface area (Å²) in [5.74, 6) is 0.747. The molecule has 0 amide bonds. The third-order valence-electron chi connectivity index (χ3n) is 7.47. The van der Waals surface area contributed by atoms with Gasteiger partial charge in [0.1, 0.15) is 12.1 Å². The third kappa shape index (κ3) is 6.24. The number of halogens is 4. The van der Waals surface area contributed by atoms with Gasteiger partial charge in [0.25, 0.3) is 0 Å². The van der Waals surface area contributed by atoms with Crippen molar-refractivity contribution >= 4 is 0 Å². The Morgan fingerprint density at radius 1 is 1.05 bits per heavy atom. The number of nitrogens with zero attached hydrogens (tertiary/aromatic N) is 7. The summed E-state index contributed by atoms with van der Waals surface area (Å²) in [5, 5.41) is 15.7. The molecule has 5 aromatic rings. The van der Waals surface area contributed by atoms with E-state index < -0.39 is 17.6 Å². The van der Waals surface area contributed by atoms with E-state index in [1.807, 2.05) is 13.0 Å². The Morgan fingerprint density at radius 2 is 1.86 bits per heavy atom. The van der Waals surface area contributed by atoms with Gasteiger partial charge in [-0.05, 0) is 67.3 Å². The Bertz CT molecular complexity index is 1790. The zero-order valence-corrected chi connectivity index (χ0v) is 24.3. The van der Waals surface area contributed by atoms with Crippen LogP contribution in [-0.4, -0.2) is 54.3 Å². The summed E-state index contributed by atoms with van der Waals surface area (Å²) in [6, 6.07) is 10.6. The lowest BCUT2D eigenvalue weighted by atomic mass is 9.98. The zero-order valence-electron chi connectivity index (χ0n) is 24.3. The Labute approximate surface area is 251 Å². The molecule has 0 radical (unpaired) electrons. The second kappa shape index (κ2) is 11.9. The highest BCUT2D eigenvalue weighted by molar-refractivity contribution is 5.81. The monoisotopic (exact) mass is 606 g/mol. The average Bonchev–Trinajstić information content (AvgIpc) is 3.57. The molecule has 1 fully saturated rings. The molecule has 0 spiro atoms. The van der Waals surface area contributed by atoms with Gasteiger partial charge < -0.3 is 14.6 Å². The van der Waals surface area contributed by atoms with Gasteiger partial charge in [-0.3, -0.25) is 4.98 Å². The molecule has 0 unspecified atom stereocenters. The van der Waals surface area contributed by atoms with Crippen molar-refractivity contribution in [3.05, 3.63) is 84.0 Å². The molecule has 4 aromatic heterocycles. The molecule has 4 heterocycles. The fourth-order valence-electron chi connectivity index (χ4n) is 5.08. The van der Waals surface area contributed by atoms with Gasteiger partial charge in [0.2, 0.25) is 0 Å². The van der Waals surface area contributed by atoms with E-state index in [2.05, 4.69) is 25.6 Å². The highest BCUT2D eigenvalue weighted by Gasteiger charge is 2.35. The number of nitrogens with one attached hydrogen (secondary N) is 1. The van der Waals surface area contributed by atoms with Gasteiger partial charge in [-0.1, -0.05) is 6.07 Å².